The maximum atomic E-state index is 12.4. The molecule has 1 aliphatic rings. The zero-order chi connectivity index (χ0) is 20.2. The number of hydrogen-bond acceptors (Lipinski definition) is 8. The molecule has 0 N–H and O–H groups in total. The Morgan fingerprint density at radius 1 is 1.10 bits per heavy atom. The number of amides is 2. The highest BCUT2D eigenvalue weighted by Gasteiger charge is 2.22. The molecule has 2 aromatic heterocycles. The van der Waals surface area contributed by atoms with Gasteiger partial charge in [-0.25, -0.2) is 4.98 Å². The second kappa shape index (κ2) is 8.91. The summed E-state index contributed by atoms with van der Waals surface area (Å²) in [7, 11) is 0. The van der Waals surface area contributed by atoms with Gasteiger partial charge < -0.3 is 14.2 Å². The van der Waals surface area contributed by atoms with E-state index in [-0.39, 0.29) is 17.6 Å². The molecule has 1 fully saturated rings. The summed E-state index contributed by atoms with van der Waals surface area (Å²) in [4.78, 5) is 31.9. The highest BCUT2D eigenvalue weighted by atomic mass is 32.2. The predicted molar refractivity (Wildman–Crippen MR) is 111 cm³/mol. The summed E-state index contributed by atoms with van der Waals surface area (Å²) in [5.74, 6) is 0.872. The summed E-state index contributed by atoms with van der Waals surface area (Å²) >= 11 is 2.92. The molecule has 0 aliphatic carbocycles. The van der Waals surface area contributed by atoms with E-state index in [1.54, 1.807) is 28.1 Å². The number of benzene rings is 1. The van der Waals surface area contributed by atoms with Gasteiger partial charge in [0.1, 0.15) is 0 Å². The zero-order valence-electron chi connectivity index (χ0n) is 16.0. The van der Waals surface area contributed by atoms with Gasteiger partial charge in [0, 0.05) is 45.9 Å². The number of piperazine rings is 1. The third-order valence-electron chi connectivity index (χ3n) is 4.74. The molecule has 0 bridgehead atoms. The molecule has 1 aromatic carbocycles. The van der Waals surface area contributed by atoms with Crippen molar-refractivity contribution in [1.29, 1.82) is 0 Å². The van der Waals surface area contributed by atoms with Gasteiger partial charge in [0.25, 0.3) is 5.22 Å². The van der Waals surface area contributed by atoms with E-state index in [2.05, 4.69) is 21.2 Å². The Labute approximate surface area is 176 Å². The number of para-hydroxylation sites is 1. The van der Waals surface area contributed by atoms with Gasteiger partial charge in [-0.05, 0) is 12.1 Å². The molecular formula is C19H21N5O3S2. The van der Waals surface area contributed by atoms with Gasteiger partial charge in [0.15, 0.2) is 0 Å². The molecule has 4 rings (SSSR count). The van der Waals surface area contributed by atoms with Crippen LogP contribution in [0.3, 0.4) is 0 Å². The summed E-state index contributed by atoms with van der Waals surface area (Å²) in [6.45, 7) is 3.86. The van der Waals surface area contributed by atoms with Crippen LogP contribution in [0.25, 0.3) is 10.2 Å². The fourth-order valence-electron chi connectivity index (χ4n) is 3.12. The first-order valence-corrected chi connectivity index (χ1v) is 11.2. The Balaban J connectivity index is 1.24. The van der Waals surface area contributed by atoms with Crippen LogP contribution >= 0.6 is 23.1 Å². The molecule has 8 nitrogen and oxygen atoms in total. The van der Waals surface area contributed by atoms with Gasteiger partial charge in [0.05, 0.1) is 21.0 Å². The lowest BCUT2D eigenvalue weighted by Gasteiger charge is -2.34. The lowest BCUT2D eigenvalue weighted by atomic mass is 10.3. The van der Waals surface area contributed by atoms with Crippen LogP contribution in [0.4, 0.5) is 0 Å². The third kappa shape index (κ3) is 4.94. The smallest absolute Gasteiger partial charge is 0.277 e. The highest BCUT2D eigenvalue weighted by Crippen LogP contribution is 2.23. The number of rotatable bonds is 6. The minimum Gasteiger partial charge on any atom is -0.416 e. The molecule has 2 amide bonds. The molecule has 1 aliphatic heterocycles. The van der Waals surface area contributed by atoms with Gasteiger partial charge in [0.2, 0.25) is 17.7 Å². The van der Waals surface area contributed by atoms with Crippen LogP contribution < -0.4 is 0 Å². The van der Waals surface area contributed by atoms with Crippen molar-refractivity contribution in [2.24, 2.45) is 0 Å². The van der Waals surface area contributed by atoms with E-state index < -0.39 is 0 Å². The number of thioether (sulfide) groups is 1. The Hall–Kier alpha value is -2.46. The average Bonchev–Trinajstić information content (AvgIpc) is 3.36. The van der Waals surface area contributed by atoms with Crippen molar-refractivity contribution in [1.82, 2.24) is 25.0 Å². The number of carbonyl (C=O) groups is 2. The van der Waals surface area contributed by atoms with Crippen LogP contribution in [0.15, 0.2) is 33.9 Å². The van der Waals surface area contributed by atoms with Crippen LogP contribution in [0.2, 0.25) is 0 Å². The topological polar surface area (TPSA) is 92.4 Å². The number of thiazole rings is 1. The Bertz CT molecular complexity index is 977. The Morgan fingerprint density at radius 3 is 2.62 bits per heavy atom. The minimum absolute atomic E-state index is 0.0208. The second-order valence-corrected chi connectivity index (χ2v) is 8.75. The molecule has 0 atom stereocenters. The molecule has 3 aromatic rings. The molecule has 0 radical (unpaired) electrons. The maximum Gasteiger partial charge on any atom is 0.277 e. The van der Waals surface area contributed by atoms with E-state index in [9.17, 15) is 9.59 Å². The van der Waals surface area contributed by atoms with Crippen molar-refractivity contribution in [3.05, 3.63) is 35.2 Å². The molecule has 10 heteroatoms. The molecule has 1 saturated heterocycles. The molecular weight excluding hydrogens is 410 g/mol. The number of carbonyl (C=O) groups excluding carboxylic acids is 2. The van der Waals surface area contributed by atoms with E-state index >= 15 is 0 Å². The van der Waals surface area contributed by atoms with Crippen molar-refractivity contribution in [2.75, 3.05) is 31.9 Å². The van der Waals surface area contributed by atoms with E-state index in [0.29, 0.717) is 43.7 Å². The van der Waals surface area contributed by atoms with Crippen LogP contribution in [0.5, 0.6) is 0 Å². The average molecular weight is 432 g/mol. The maximum absolute atomic E-state index is 12.4. The summed E-state index contributed by atoms with van der Waals surface area (Å²) in [6, 6.07) is 8.07. The first-order valence-electron chi connectivity index (χ1n) is 9.41. The van der Waals surface area contributed by atoms with Crippen molar-refractivity contribution >= 4 is 45.1 Å². The van der Waals surface area contributed by atoms with Gasteiger partial charge >= 0.3 is 0 Å². The summed E-state index contributed by atoms with van der Waals surface area (Å²) < 4.78 is 6.83. The molecule has 152 valence electrons. The van der Waals surface area contributed by atoms with E-state index in [0.717, 1.165) is 16.9 Å². The highest BCUT2D eigenvalue weighted by molar-refractivity contribution is 7.99. The summed E-state index contributed by atoms with van der Waals surface area (Å²) in [6.07, 6.45) is 1.36. The lowest BCUT2D eigenvalue weighted by molar-refractivity contribution is -0.136. The van der Waals surface area contributed by atoms with Crippen LogP contribution in [0, 0.1) is 0 Å². The quantitative estimate of drug-likeness (QED) is 0.553. The van der Waals surface area contributed by atoms with Crippen LogP contribution in [0.1, 0.15) is 17.8 Å². The Kier molecular flexibility index (Phi) is 6.10. The van der Waals surface area contributed by atoms with Crippen molar-refractivity contribution in [3.63, 3.8) is 0 Å². The largest absolute Gasteiger partial charge is 0.416 e. The number of hydrogen-bond donors (Lipinski definition) is 0. The fraction of sp³-hybridized carbons (Fsp3) is 0.421. The van der Waals surface area contributed by atoms with Crippen LogP contribution in [-0.4, -0.2) is 68.7 Å². The predicted octanol–water partition coefficient (Wildman–Crippen LogP) is 2.25. The minimum atomic E-state index is 0.0208. The molecule has 0 unspecified atom stereocenters. The van der Waals surface area contributed by atoms with E-state index in [1.165, 1.54) is 16.5 Å². The van der Waals surface area contributed by atoms with Crippen LogP contribution in [-0.2, 0) is 22.4 Å². The van der Waals surface area contributed by atoms with Gasteiger partial charge in [-0.3, -0.25) is 9.59 Å². The molecule has 0 saturated carbocycles. The third-order valence-corrected chi connectivity index (χ3v) is 6.64. The molecule has 29 heavy (non-hydrogen) atoms. The first kappa shape index (κ1) is 19.8. The summed E-state index contributed by atoms with van der Waals surface area (Å²) in [5.41, 5.74) is 1.01. The molecule has 0 spiro atoms. The van der Waals surface area contributed by atoms with Gasteiger partial charge in [-0.15, -0.1) is 21.5 Å². The summed E-state index contributed by atoms with van der Waals surface area (Å²) in [5, 5.41) is 9.55. The van der Waals surface area contributed by atoms with Gasteiger partial charge in [-0.1, -0.05) is 23.9 Å². The second-order valence-electron chi connectivity index (χ2n) is 6.71. The lowest BCUT2D eigenvalue weighted by Crippen LogP contribution is -2.50. The normalized spacial score (nSPS) is 14.5. The van der Waals surface area contributed by atoms with Crippen molar-refractivity contribution in [2.45, 2.75) is 25.0 Å². The van der Waals surface area contributed by atoms with E-state index in [4.69, 9.17) is 4.42 Å². The van der Waals surface area contributed by atoms with E-state index in [1.807, 2.05) is 18.2 Å². The number of nitrogens with zero attached hydrogens (tertiary/aromatic N) is 5. The molecule has 3 heterocycles. The number of aryl methyl sites for hydroxylation is 2. The fourth-order valence-corrected chi connectivity index (χ4v) is 4.77. The standard InChI is InChI=1S/C19H21N5O3S2/c1-13(25)23-8-10-24(11-9-23)18(26)12-28-19-22-21-16(27-19)6-7-17-20-14-4-2-3-5-15(14)29-17/h2-5H,6-12H2,1H3. The van der Waals surface area contributed by atoms with Crippen molar-refractivity contribution < 1.29 is 14.0 Å². The number of fused-ring (bicyclic) bond motifs is 1. The number of aromatic nitrogens is 3. The Morgan fingerprint density at radius 2 is 1.86 bits per heavy atom. The van der Waals surface area contributed by atoms with Crippen molar-refractivity contribution in [3.8, 4) is 0 Å². The zero-order valence-corrected chi connectivity index (χ0v) is 17.7. The first-order chi connectivity index (χ1) is 14.1. The monoisotopic (exact) mass is 431 g/mol. The van der Waals surface area contributed by atoms with Gasteiger partial charge in [-0.2, -0.15) is 0 Å². The SMILES string of the molecule is CC(=O)N1CCN(C(=O)CSc2nnc(CCc3nc4ccccc4s3)o2)CC1.